The number of nitrogens with zero attached hydrogens (tertiary/aromatic N) is 4. The lowest BCUT2D eigenvalue weighted by molar-refractivity contribution is -0.144. The predicted molar refractivity (Wildman–Crippen MR) is 171 cm³/mol. The number of aromatic hydroxyl groups is 1. The van der Waals surface area contributed by atoms with Crippen LogP contribution in [-0.4, -0.2) is 57.0 Å². The lowest BCUT2D eigenvalue weighted by Crippen LogP contribution is -2.17. The summed E-state index contributed by atoms with van der Waals surface area (Å²) in [6.07, 6.45) is -0.00594. The summed E-state index contributed by atoms with van der Waals surface area (Å²) in [5, 5.41) is 29.2. The van der Waals surface area contributed by atoms with Gasteiger partial charge in [-0.3, -0.25) is 14.9 Å². The van der Waals surface area contributed by atoms with Gasteiger partial charge in [0.1, 0.15) is 23.8 Å². The van der Waals surface area contributed by atoms with Crippen molar-refractivity contribution in [2.75, 3.05) is 24.4 Å². The number of thioether (sulfide) groups is 1. The van der Waals surface area contributed by atoms with Crippen molar-refractivity contribution in [3.63, 3.8) is 0 Å². The Kier molecular flexibility index (Phi) is 10.3. The van der Waals surface area contributed by atoms with Crippen molar-refractivity contribution in [2.45, 2.75) is 30.8 Å². The average Bonchev–Trinajstić information content (AvgIpc) is 3.50. The number of carbonyl (C=O) groups is 3. The fraction of sp³-hybridized carbons (Fsp3) is 0.188. The number of amides is 2. The number of hydrogen-bond donors (Lipinski definition) is 3. The van der Waals surface area contributed by atoms with E-state index in [1.807, 2.05) is 6.92 Å². The number of phenols is 1. The van der Waals surface area contributed by atoms with E-state index in [1.165, 1.54) is 29.6 Å². The summed E-state index contributed by atoms with van der Waals surface area (Å²) < 4.78 is 17.2. The molecular formula is C32H30N6O7S. The van der Waals surface area contributed by atoms with E-state index in [2.05, 4.69) is 26.2 Å². The number of carbonyl (C=O) groups excluding carboxylic acids is 3. The Balaban J connectivity index is 1.19. The van der Waals surface area contributed by atoms with Crippen LogP contribution in [0.2, 0.25) is 0 Å². The van der Waals surface area contributed by atoms with Crippen LogP contribution in [0.25, 0.3) is 10.8 Å². The van der Waals surface area contributed by atoms with Gasteiger partial charge in [0.2, 0.25) is 5.16 Å². The van der Waals surface area contributed by atoms with Gasteiger partial charge < -0.3 is 24.6 Å². The highest BCUT2D eigenvalue weighted by atomic mass is 32.2. The van der Waals surface area contributed by atoms with Crippen molar-refractivity contribution in [1.82, 2.24) is 20.2 Å². The molecule has 0 spiro atoms. The Morgan fingerprint density at radius 2 is 1.70 bits per heavy atom. The normalized spacial score (nSPS) is 10.7. The number of esters is 1. The lowest BCUT2D eigenvalue weighted by Gasteiger charge is -2.13. The first-order chi connectivity index (χ1) is 22.4. The van der Waals surface area contributed by atoms with Crippen molar-refractivity contribution in [1.29, 1.82) is 0 Å². The molecule has 46 heavy (non-hydrogen) atoms. The summed E-state index contributed by atoms with van der Waals surface area (Å²) in [4.78, 5) is 37.7. The average molecular weight is 643 g/mol. The van der Waals surface area contributed by atoms with Crippen molar-refractivity contribution in [2.24, 2.45) is 0 Å². The molecular weight excluding hydrogens is 612 g/mol. The van der Waals surface area contributed by atoms with E-state index in [4.69, 9.17) is 14.2 Å². The van der Waals surface area contributed by atoms with Gasteiger partial charge in [-0.2, -0.15) is 0 Å². The quantitative estimate of drug-likeness (QED) is 0.114. The highest BCUT2D eigenvalue weighted by molar-refractivity contribution is 7.98. The molecule has 1 aromatic heterocycles. The SMILES string of the molecule is CCCOC(=O)Cn1nnnc1SCc1ccc(OC(=O)Nc2cccc3c(O)c(C(=O)Nc4ccccc4OC)ccc23)cc1. The van der Waals surface area contributed by atoms with E-state index in [-0.39, 0.29) is 17.9 Å². The molecule has 0 aliphatic rings. The first-order valence-electron chi connectivity index (χ1n) is 14.2. The van der Waals surface area contributed by atoms with Gasteiger partial charge in [0.25, 0.3) is 5.91 Å². The van der Waals surface area contributed by atoms with E-state index in [1.54, 1.807) is 72.8 Å². The summed E-state index contributed by atoms with van der Waals surface area (Å²) in [6.45, 7) is 2.18. The standard InChI is InChI=1S/C32H30N6O7S/c1-3-17-44-28(39)18-38-31(35-36-37-38)46-19-20-11-13-21(14-12-20)45-32(42)34-25-9-6-7-23-22(25)15-16-24(29(23)40)30(41)33-26-8-4-5-10-27(26)43-2/h4-16,40H,3,17-19H2,1-2H3,(H,33,41)(H,34,42). The lowest BCUT2D eigenvalue weighted by atomic mass is 10.0. The third-order valence-corrected chi connectivity index (χ3v) is 7.64. The highest BCUT2D eigenvalue weighted by Crippen LogP contribution is 2.34. The molecule has 2 amide bonds. The molecule has 1 heterocycles. The van der Waals surface area contributed by atoms with Crippen LogP contribution in [0.4, 0.5) is 16.2 Å². The zero-order chi connectivity index (χ0) is 32.5. The number of rotatable bonds is 12. The molecule has 0 bridgehead atoms. The number of hydrogen-bond acceptors (Lipinski definition) is 11. The molecule has 0 atom stereocenters. The third kappa shape index (κ3) is 7.71. The van der Waals surface area contributed by atoms with Crippen LogP contribution in [0, 0.1) is 0 Å². The Morgan fingerprint density at radius 3 is 2.48 bits per heavy atom. The predicted octanol–water partition coefficient (Wildman–Crippen LogP) is 5.65. The molecule has 0 unspecified atom stereocenters. The minimum Gasteiger partial charge on any atom is -0.506 e. The minimum atomic E-state index is -0.735. The summed E-state index contributed by atoms with van der Waals surface area (Å²) in [7, 11) is 1.50. The number of benzene rings is 4. The maximum Gasteiger partial charge on any atom is 0.417 e. The Morgan fingerprint density at radius 1 is 0.913 bits per heavy atom. The number of nitrogens with one attached hydrogen (secondary N) is 2. The Labute approximate surface area is 267 Å². The molecule has 236 valence electrons. The van der Waals surface area contributed by atoms with Crippen LogP contribution in [-0.2, 0) is 21.8 Å². The number of ether oxygens (including phenoxy) is 3. The maximum absolute atomic E-state index is 13.0. The molecule has 0 aliphatic carbocycles. The Bertz CT molecular complexity index is 1860. The van der Waals surface area contributed by atoms with E-state index >= 15 is 0 Å². The topological polar surface area (TPSA) is 167 Å². The van der Waals surface area contributed by atoms with Crippen molar-refractivity contribution in [3.05, 3.63) is 90.0 Å². The highest BCUT2D eigenvalue weighted by Gasteiger charge is 2.18. The second kappa shape index (κ2) is 14.9. The van der Waals surface area contributed by atoms with E-state index in [0.717, 1.165) is 12.0 Å². The zero-order valence-corrected chi connectivity index (χ0v) is 25.7. The monoisotopic (exact) mass is 642 g/mol. The second-order valence-corrected chi connectivity index (χ2v) is 10.7. The fourth-order valence-electron chi connectivity index (χ4n) is 4.40. The van der Waals surface area contributed by atoms with E-state index in [9.17, 15) is 19.5 Å². The maximum atomic E-state index is 13.0. The van der Waals surface area contributed by atoms with Crippen molar-refractivity contribution in [3.8, 4) is 17.2 Å². The summed E-state index contributed by atoms with van der Waals surface area (Å²) in [5.74, 6) is 0.141. The van der Waals surface area contributed by atoms with Crippen LogP contribution < -0.4 is 20.1 Å². The van der Waals surface area contributed by atoms with E-state index in [0.29, 0.717) is 51.2 Å². The van der Waals surface area contributed by atoms with Gasteiger partial charge in [-0.1, -0.05) is 61.2 Å². The molecule has 5 rings (SSSR count). The number of fused-ring (bicyclic) bond motifs is 1. The number of anilines is 2. The molecule has 0 saturated carbocycles. The first-order valence-corrected chi connectivity index (χ1v) is 15.2. The smallest absolute Gasteiger partial charge is 0.417 e. The molecule has 0 saturated heterocycles. The van der Waals surface area contributed by atoms with Gasteiger partial charge in [0, 0.05) is 16.5 Å². The first kappa shape index (κ1) is 31.8. The van der Waals surface area contributed by atoms with Crippen molar-refractivity contribution < 1.29 is 33.7 Å². The van der Waals surface area contributed by atoms with Crippen LogP contribution >= 0.6 is 11.8 Å². The zero-order valence-electron chi connectivity index (χ0n) is 24.9. The molecule has 3 N–H and O–H groups in total. The summed E-state index contributed by atoms with van der Waals surface area (Å²) in [5.41, 5.74) is 1.82. The number of phenolic OH excluding ortho intramolecular Hbond substituents is 1. The molecule has 0 aliphatic heterocycles. The molecule has 5 aromatic rings. The summed E-state index contributed by atoms with van der Waals surface area (Å²) in [6, 6.07) is 21.9. The van der Waals surface area contributed by atoms with E-state index < -0.39 is 18.0 Å². The minimum absolute atomic E-state index is 0.0577. The second-order valence-electron chi connectivity index (χ2n) is 9.80. The molecule has 14 heteroatoms. The molecule has 4 aromatic carbocycles. The number of methoxy groups -OCH3 is 1. The third-order valence-electron chi connectivity index (χ3n) is 6.62. The van der Waals surface area contributed by atoms with Gasteiger partial charge in [-0.15, -0.1) is 5.10 Å². The van der Waals surface area contributed by atoms with Crippen LogP contribution in [0.1, 0.15) is 29.3 Å². The number of aromatic nitrogens is 4. The Hall–Kier alpha value is -5.63. The van der Waals surface area contributed by atoms with Gasteiger partial charge >= 0.3 is 12.1 Å². The molecule has 13 nitrogen and oxygen atoms in total. The van der Waals surface area contributed by atoms with Gasteiger partial charge in [-0.25, -0.2) is 9.48 Å². The fourth-order valence-corrected chi connectivity index (χ4v) is 5.23. The summed E-state index contributed by atoms with van der Waals surface area (Å²) >= 11 is 1.35. The van der Waals surface area contributed by atoms with Crippen molar-refractivity contribution >= 4 is 51.9 Å². The van der Waals surface area contributed by atoms with Gasteiger partial charge in [-0.05, 0) is 58.8 Å². The van der Waals surface area contributed by atoms with Crippen LogP contribution in [0.15, 0.2) is 84.0 Å². The largest absolute Gasteiger partial charge is 0.506 e. The molecule has 0 fully saturated rings. The number of para-hydroxylation sites is 2. The van der Waals surface area contributed by atoms with Crippen LogP contribution in [0.5, 0.6) is 17.2 Å². The van der Waals surface area contributed by atoms with Crippen LogP contribution in [0.3, 0.4) is 0 Å². The van der Waals surface area contributed by atoms with Gasteiger partial charge in [0.05, 0.1) is 30.7 Å². The number of tetrazole rings is 1. The molecule has 0 radical (unpaired) electrons. The van der Waals surface area contributed by atoms with Gasteiger partial charge in [0.15, 0.2) is 0 Å².